The van der Waals surface area contributed by atoms with Crippen LogP contribution in [0.1, 0.15) is 33.5 Å². The standard InChI is InChI=1S/C9H19N5/c1-6(9(2,3)4)5-7-12-13-8(10)14(7)11/h6H,5,11H2,1-4H3,(H2,10,13). The second-order valence-electron chi connectivity index (χ2n) is 4.82. The largest absolute Gasteiger partial charge is 0.366 e. The number of nitrogens with zero attached hydrogens (tertiary/aromatic N) is 3. The molecule has 0 saturated carbocycles. The molecule has 0 aliphatic carbocycles. The van der Waals surface area contributed by atoms with Crippen LogP contribution in [0.2, 0.25) is 0 Å². The van der Waals surface area contributed by atoms with E-state index < -0.39 is 0 Å². The van der Waals surface area contributed by atoms with Gasteiger partial charge in [0.05, 0.1) is 0 Å². The Morgan fingerprint density at radius 1 is 1.36 bits per heavy atom. The third-order valence-electron chi connectivity index (χ3n) is 2.76. The van der Waals surface area contributed by atoms with Gasteiger partial charge in [0, 0.05) is 6.42 Å². The van der Waals surface area contributed by atoms with Crippen molar-refractivity contribution in [1.82, 2.24) is 14.9 Å². The number of hydrogen-bond donors (Lipinski definition) is 2. The Kier molecular flexibility index (Phi) is 2.69. The lowest BCUT2D eigenvalue weighted by Gasteiger charge is -2.26. The molecule has 0 radical (unpaired) electrons. The van der Waals surface area contributed by atoms with Crippen molar-refractivity contribution in [2.45, 2.75) is 34.1 Å². The molecule has 1 heterocycles. The molecule has 14 heavy (non-hydrogen) atoms. The molecule has 0 aliphatic heterocycles. The van der Waals surface area contributed by atoms with E-state index in [9.17, 15) is 0 Å². The molecule has 4 N–H and O–H groups in total. The van der Waals surface area contributed by atoms with Crippen LogP contribution in [0.3, 0.4) is 0 Å². The third kappa shape index (κ3) is 2.16. The van der Waals surface area contributed by atoms with E-state index >= 15 is 0 Å². The molecule has 0 amide bonds. The first kappa shape index (κ1) is 10.8. The lowest BCUT2D eigenvalue weighted by Crippen LogP contribution is -2.23. The average molecular weight is 197 g/mol. The van der Waals surface area contributed by atoms with Crippen molar-refractivity contribution in [3.05, 3.63) is 5.82 Å². The first-order valence-electron chi connectivity index (χ1n) is 4.77. The fourth-order valence-electron chi connectivity index (χ4n) is 1.06. The van der Waals surface area contributed by atoms with Gasteiger partial charge in [-0.1, -0.05) is 27.7 Å². The zero-order valence-corrected chi connectivity index (χ0v) is 9.28. The molecule has 1 rings (SSSR count). The van der Waals surface area contributed by atoms with E-state index in [4.69, 9.17) is 11.6 Å². The van der Waals surface area contributed by atoms with Gasteiger partial charge in [-0.15, -0.1) is 10.2 Å². The maximum absolute atomic E-state index is 5.66. The van der Waals surface area contributed by atoms with E-state index in [-0.39, 0.29) is 11.4 Å². The number of nitrogens with two attached hydrogens (primary N) is 2. The fourth-order valence-corrected chi connectivity index (χ4v) is 1.06. The first-order valence-corrected chi connectivity index (χ1v) is 4.77. The summed E-state index contributed by atoms with van der Waals surface area (Å²) in [6.07, 6.45) is 0.796. The van der Waals surface area contributed by atoms with Gasteiger partial charge in [-0.3, -0.25) is 0 Å². The maximum atomic E-state index is 5.66. The number of nitrogen functional groups attached to an aromatic ring is 2. The molecule has 0 fully saturated rings. The van der Waals surface area contributed by atoms with Crippen molar-refractivity contribution in [3.8, 4) is 0 Å². The molecule has 1 aromatic rings. The molecule has 0 saturated heterocycles. The van der Waals surface area contributed by atoms with Crippen molar-refractivity contribution >= 4 is 5.95 Å². The Labute approximate surface area is 84.5 Å². The van der Waals surface area contributed by atoms with E-state index in [1.165, 1.54) is 4.68 Å². The molecule has 1 atom stereocenters. The van der Waals surface area contributed by atoms with E-state index in [2.05, 4.69) is 37.9 Å². The van der Waals surface area contributed by atoms with Gasteiger partial charge in [-0.2, -0.15) is 0 Å². The maximum Gasteiger partial charge on any atom is 0.240 e. The Morgan fingerprint density at radius 2 is 1.93 bits per heavy atom. The molecule has 5 nitrogen and oxygen atoms in total. The minimum Gasteiger partial charge on any atom is -0.366 e. The van der Waals surface area contributed by atoms with Crippen molar-refractivity contribution in [3.63, 3.8) is 0 Å². The van der Waals surface area contributed by atoms with Gasteiger partial charge in [0.2, 0.25) is 5.95 Å². The average Bonchev–Trinajstić information content (AvgIpc) is 2.34. The lowest BCUT2D eigenvalue weighted by molar-refractivity contribution is 0.255. The number of rotatable bonds is 2. The number of hydrogen-bond acceptors (Lipinski definition) is 4. The smallest absolute Gasteiger partial charge is 0.240 e. The molecule has 0 aromatic carbocycles. The van der Waals surface area contributed by atoms with Gasteiger partial charge in [0.1, 0.15) is 0 Å². The minimum atomic E-state index is 0.237. The van der Waals surface area contributed by atoms with Crippen LogP contribution in [0, 0.1) is 11.3 Å². The zero-order chi connectivity index (χ0) is 10.9. The highest BCUT2D eigenvalue weighted by Gasteiger charge is 2.22. The van der Waals surface area contributed by atoms with Crippen molar-refractivity contribution in [2.75, 3.05) is 11.6 Å². The van der Waals surface area contributed by atoms with Crippen LogP contribution in [-0.4, -0.2) is 14.9 Å². The second-order valence-corrected chi connectivity index (χ2v) is 4.82. The highest BCUT2D eigenvalue weighted by atomic mass is 15.4. The lowest BCUT2D eigenvalue weighted by atomic mass is 9.80. The van der Waals surface area contributed by atoms with Crippen LogP contribution in [0.15, 0.2) is 0 Å². The quantitative estimate of drug-likeness (QED) is 0.687. The van der Waals surface area contributed by atoms with Crippen LogP contribution in [0.5, 0.6) is 0 Å². The Hall–Kier alpha value is -1.26. The summed E-state index contributed by atoms with van der Waals surface area (Å²) in [6.45, 7) is 8.75. The van der Waals surface area contributed by atoms with E-state index in [0.717, 1.165) is 12.2 Å². The second kappa shape index (κ2) is 3.48. The van der Waals surface area contributed by atoms with Gasteiger partial charge >= 0.3 is 0 Å². The SMILES string of the molecule is CC(Cc1nnc(N)n1N)C(C)(C)C. The molecule has 0 aliphatic rings. The summed E-state index contributed by atoms with van der Waals surface area (Å²) in [5, 5.41) is 7.65. The van der Waals surface area contributed by atoms with Gasteiger partial charge < -0.3 is 11.6 Å². The van der Waals surface area contributed by atoms with Gasteiger partial charge in [-0.25, -0.2) is 4.68 Å². The summed E-state index contributed by atoms with van der Waals surface area (Å²) in [4.78, 5) is 0. The number of aromatic nitrogens is 3. The van der Waals surface area contributed by atoms with E-state index in [0.29, 0.717) is 5.92 Å². The monoisotopic (exact) mass is 197 g/mol. The normalized spacial score (nSPS) is 14.3. The first-order chi connectivity index (χ1) is 6.32. The Morgan fingerprint density at radius 3 is 2.29 bits per heavy atom. The molecule has 0 bridgehead atoms. The van der Waals surface area contributed by atoms with Gasteiger partial charge in [0.15, 0.2) is 5.82 Å². The Bertz CT molecular complexity index is 309. The number of anilines is 1. The van der Waals surface area contributed by atoms with Crippen LogP contribution < -0.4 is 11.6 Å². The van der Waals surface area contributed by atoms with E-state index in [1.807, 2.05) is 0 Å². The van der Waals surface area contributed by atoms with Gasteiger partial charge in [-0.05, 0) is 11.3 Å². The molecule has 1 unspecified atom stereocenters. The Balaban J connectivity index is 2.75. The summed E-state index contributed by atoms with van der Waals surface area (Å²) in [5.74, 6) is 7.15. The molecule has 1 aromatic heterocycles. The van der Waals surface area contributed by atoms with Crippen LogP contribution in [0.4, 0.5) is 5.95 Å². The fraction of sp³-hybridized carbons (Fsp3) is 0.778. The molecule has 0 spiro atoms. The van der Waals surface area contributed by atoms with Crippen molar-refractivity contribution < 1.29 is 0 Å². The van der Waals surface area contributed by atoms with Crippen LogP contribution >= 0.6 is 0 Å². The highest BCUT2D eigenvalue weighted by molar-refractivity contribution is 5.17. The highest BCUT2D eigenvalue weighted by Crippen LogP contribution is 2.27. The third-order valence-corrected chi connectivity index (χ3v) is 2.76. The van der Waals surface area contributed by atoms with Gasteiger partial charge in [0.25, 0.3) is 0 Å². The predicted octanol–water partition coefficient (Wildman–Crippen LogP) is 0.799. The summed E-state index contributed by atoms with van der Waals surface area (Å²) >= 11 is 0. The van der Waals surface area contributed by atoms with Crippen LogP contribution in [-0.2, 0) is 6.42 Å². The summed E-state index contributed by atoms with van der Waals surface area (Å²) in [7, 11) is 0. The molecular formula is C9H19N5. The topological polar surface area (TPSA) is 82.8 Å². The minimum absolute atomic E-state index is 0.237. The zero-order valence-electron chi connectivity index (χ0n) is 9.28. The van der Waals surface area contributed by atoms with Crippen molar-refractivity contribution in [2.24, 2.45) is 11.3 Å². The van der Waals surface area contributed by atoms with Crippen molar-refractivity contribution in [1.29, 1.82) is 0 Å². The summed E-state index contributed by atoms with van der Waals surface area (Å²) in [6, 6.07) is 0. The van der Waals surface area contributed by atoms with Crippen LogP contribution in [0.25, 0.3) is 0 Å². The molecular weight excluding hydrogens is 178 g/mol. The summed E-state index contributed by atoms with van der Waals surface area (Å²) in [5.41, 5.74) is 5.73. The summed E-state index contributed by atoms with van der Waals surface area (Å²) < 4.78 is 1.35. The molecule has 80 valence electrons. The molecule has 5 heteroatoms. The van der Waals surface area contributed by atoms with E-state index in [1.54, 1.807) is 0 Å². The predicted molar refractivity (Wildman–Crippen MR) is 56.9 cm³/mol.